The van der Waals surface area contributed by atoms with Crippen molar-refractivity contribution in [1.29, 1.82) is 0 Å². The average molecular weight is 453 g/mol. The first-order chi connectivity index (χ1) is 11.8. The summed E-state index contributed by atoms with van der Waals surface area (Å²) in [6, 6.07) is 0. The number of hydrogen-bond donors (Lipinski definition) is 0. The maximum atomic E-state index is 6.60. The first kappa shape index (κ1) is 25.7. The molecule has 0 aromatic heterocycles. The SMILES string of the molecule is C[Si](C)(C)OC[C@H]1O[C@H](O[Si](C)(C)C)C[C@@H](O[Si](C)(C)C)[C@@H]1O[Si](C)(C)C. The van der Waals surface area contributed by atoms with E-state index < -0.39 is 33.3 Å². The third-order valence-electron chi connectivity index (χ3n) is 3.64. The zero-order valence-electron chi connectivity index (χ0n) is 19.8. The number of rotatable bonds is 9. The van der Waals surface area contributed by atoms with E-state index in [2.05, 4.69) is 78.6 Å². The fraction of sp³-hybridized carbons (Fsp3) is 1.00. The smallest absolute Gasteiger partial charge is 0.187 e. The molecule has 0 amide bonds. The lowest BCUT2D eigenvalue weighted by atomic mass is 10.0. The van der Waals surface area contributed by atoms with Crippen molar-refractivity contribution in [2.45, 2.75) is 110 Å². The maximum Gasteiger partial charge on any atom is 0.187 e. The molecule has 9 heteroatoms. The van der Waals surface area contributed by atoms with E-state index in [1.54, 1.807) is 0 Å². The predicted octanol–water partition coefficient (Wildman–Crippen LogP) is 5.24. The monoisotopic (exact) mass is 452 g/mol. The molecule has 1 heterocycles. The number of ether oxygens (including phenoxy) is 1. The zero-order chi connectivity index (χ0) is 21.3. The van der Waals surface area contributed by atoms with Crippen LogP contribution in [0.2, 0.25) is 78.6 Å². The van der Waals surface area contributed by atoms with E-state index in [9.17, 15) is 0 Å². The lowest BCUT2D eigenvalue weighted by molar-refractivity contribution is -0.224. The third-order valence-corrected chi connectivity index (χ3v) is 7.64. The van der Waals surface area contributed by atoms with E-state index in [0.717, 1.165) is 6.42 Å². The molecular formula is C18H44O5Si4. The van der Waals surface area contributed by atoms with Crippen LogP contribution in [0.25, 0.3) is 0 Å². The van der Waals surface area contributed by atoms with Crippen molar-refractivity contribution in [1.82, 2.24) is 0 Å². The van der Waals surface area contributed by atoms with Crippen molar-refractivity contribution in [2.24, 2.45) is 0 Å². The Morgan fingerprint density at radius 1 is 0.667 bits per heavy atom. The van der Waals surface area contributed by atoms with Gasteiger partial charge in [0.05, 0.1) is 18.8 Å². The Bertz CT molecular complexity index is 462. The Morgan fingerprint density at radius 2 is 1.15 bits per heavy atom. The zero-order valence-corrected chi connectivity index (χ0v) is 23.8. The lowest BCUT2D eigenvalue weighted by Crippen LogP contribution is -2.59. The van der Waals surface area contributed by atoms with Gasteiger partial charge in [0, 0.05) is 6.42 Å². The van der Waals surface area contributed by atoms with Crippen LogP contribution in [-0.2, 0) is 22.4 Å². The topological polar surface area (TPSA) is 46.2 Å². The van der Waals surface area contributed by atoms with E-state index in [1.807, 2.05) is 0 Å². The summed E-state index contributed by atoms with van der Waals surface area (Å²) in [7, 11) is -6.88. The van der Waals surface area contributed by atoms with Crippen molar-refractivity contribution in [2.75, 3.05) is 6.61 Å². The molecule has 0 spiro atoms. The second kappa shape index (κ2) is 9.21. The van der Waals surface area contributed by atoms with E-state index >= 15 is 0 Å². The van der Waals surface area contributed by atoms with Gasteiger partial charge in [0.2, 0.25) is 0 Å². The van der Waals surface area contributed by atoms with Crippen LogP contribution >= 0.6 is 0 Å². The van der Waals surface area contributed by atoms with E-state index in [0.29, 0.717) is 6.61 Å². The van der Waals surface area contributed by atoms with Gasteiger partial charge in [-0.25, -0.2) is 0 Å². The Hall–Kier alpha value is 0.668. The maximum absolute atomic E-state index is 6.60. The third kappa shape index (κ3) is 11.4. The van der Waals surface area contributed by atoms with Crippen LogP contribution in [0.4, 0.5) is 0 Å². The molecule has 1 aliphatic rings. The van der Waals surface area contributed by atoms with Crippen LogP contribution in [0.3, 0.4) is 0 Å². The second-order valence-electron chi connectivity index (χ2n) is 11.5. The minimum Gasteiger partial charge on any atom is -0.415 e. The Balaban J connectivity index is 3.10. The molecule has 0 N–H and O–H groups in total. The summed E-state index contributed by atoms with van der Waals surface area (Å²) in [6.45, 7) is 27.1. The average Bonchev–Trinajstić information content (AvgIpc) is 2.33. The highest BCUT2D eigenvalue weighted by molar-refractivity contribution is 6.71. The summed E-state index contributed by atoms with van der Waals surface area (Å²) in [4.78, 5) is 0. The quantitative estimate of drug-likeness (QED) is 0.447. The molecule has 162 valence electrons. The molecule has 0 bridgehead atoms. The minimum absolute atomic E-state index is 0.00581. The van der Waals surface area contributed by atoms with Crippen LogP contribution < -0.4 is 0 Å². The fourth-order valence-electron chi connectivity index (χ4n) is 2.96. The molecule has 1 rings (SSSR count). The Kier molecular flexibility index (Phi) is 8.77. The van der Waals surface area contributed by atoms with Crippen molar-refractivity contribution in [3.05, 3.63) is 0 Å². The summed E-state index contributed by atoms with van der Waals surface area (Å²) >= 11 is 0. The van der Waals surface area contributed by atoms with Crippen LogP contribution in [0.1, 0.15) is 6.42 Å². The van der Waals surface area contributed by atoms with E-state index in [4.69, 9.17) is 22.4 Å². The summed E-state index contributed by atoms with van der Waals surface area (Å²) in [5, 5.41) is 0. The number of hydrogen-bond acceptors (Lipinski definition) is 5. The summed E-state index contributed by atoms with van der Waals surface area (Å²) in [6.07, 6.45) is 0.234. The van der Waals surface area contributed by atoms with Gasteiger partial charge in [-0.1, -0.05) is 0 Å². The Morgan fingerprint density at radius 3 is 1.56 bits per heavy atom. The van der Waals surface area contributed by atoms with E-state index in [1.165, 1.54) is 0 Å². The molecule has 0 saturated carbocycles. The normalized spacial score (nSPS) is 28.4. The highest BCUT2D eigenvalue weighted by atomic mass is 28.4. The van der Waals surface area contributed by atoms with Gasteiger partial charge in [-0.2, -0.15) is 0 Å². The standard InChI is InChI=1S/C18H44O5Si4/c1-24(2,3)19-14-16-18(23-27(10,11)12)15(21-25(4,5)6)13-17(20-16)22-26(7,8)9/h15-18H,13-14H2,1-12H3/t15-,16-,17-,18+/m1/s1. The van der Waals surface area contributed by atoms with Crippen molar-refractivity contribution in [3.63, 3.8) is 0 Å². The molecule has 1 saturated heterocycles. The van der Waals surface area contributed by atoms with Crippen molar-refractivity contribution >= 4 is 33.3 Å². The first-order valence-electron chi connectivity index (χ1n) is 10.2. The summed E-state index contributed by atoms with van der Waals surface area (Å²) < 4.78 is 32.1. The molecule has 27 heavy (non-hydrogen) atoms. The molecule has 0 aliphatic carbocycles. The lowest BCUT2D eigenvalue weighted by Gasteiger charge is -2.47. The van der Waals surface area contributed by atoms with Gasteiger partial charge >= 0.3 is 0 Å². The summed E-state index contributed by atoms with van der Waals surface area (Å²) in [5.41, 5.74) is 0. The van der Waals surface area contributed by atoms with Crippen LogP contribution in [-0.4, -0.2) is 64.5 Å². The van der Waals surface area contributed by atoms with Gasteiger partial charge in [-0.05, 0) is 78.6 Å². The molecule has 0 unspecified atom stereocenters. The van der Waals surface area contributed by atoms with Crippen molar-refractivity contribution in [3.8, 4) is 0 Å². The van der Waals surface area contributed by atoms with Gasteiger partial charge in [-0.15, -0.1) is 0 Å². The van der Waals surface area contributed by atoms with E-state index in [-0.39, 0.29) is 24.6 Å². The van der Waals surface area contributed by atoms with Gasteiger partial charge in [0.25, 0.3) is 0 Å². The molecule has 5 nitrogen and oxygen atoms in total. The highest BCUT2D eigenvalue weighted by Crippen LogP contribution is 2.32. The molecule has 0 aromatic rings. The van der Waals surface area contributed by atoms with Gasteiger partial charge in [0.1, 0.15) is 6.10 Å². The second-order valence-corrected chi connectivity index (χ2v) is 29.4. The van der Waals surface area contributed by atoms with Crippen LogP contribution in [0.5, 0.6) is 0 Å². The summed E-state index contributed by atoms with van der Waals surface area (Å²) in [5.74, 6) is 0. The predicted molar refractivity (Wildman–Crippen MR) is 123 cm³/mol. The molecular weight excluding hydrogens is 409 g/mol. The van der Waals surface area contributed by atoms with Gasteiger partial charge in [0.15, 0.2) is 39.6 Å². The largest absolute Gasteiger partial charge is 0.415 e. The molecule has 0 aromatic carbocycles. The highest BCUT2D eigenvalue weighted by Gasteiger charge is 2.45. The fourth-order valence-corrected chi connectivity index (χ4v) is 6.82. The van der Waals surface area contributed by atoms with Crippen LogP contribution in [0.15, 0.2) is 0 Å². The Labute approximate surface area is 172 Å². The first-order valence-corrected chi connectivity index (χ1v) is 23.8. The molecule has 1 aliphatic heterocycles. The molecule has 4 atom stereocenters. The van der Waals surface area contributed by atoms with Gasteiger partial charge in [-0.3, -0.25) is 0 Å². The van der Waals surface area contributed by atoms with Crippen LogP contribution in [0, 0.1) is 0 Å². The van der Waals surface area contributed by atoms with Gasteiger partial charge < -0.3 is 22.4 Å². The minimum atomic E-state index is -1.77. The molecule has 0 radical (unpaired) electrons. The molecule has 1 fully saturated rings. The van der Waals surface area contributed by atoms with Crippen molar-refractivity contribution < 1.29 is 22.4 Å².